The Bertz CT molecular complexity index is 342. The maximum Gasteiger partial charge on any atom is 0.119 e. The molecular weight excluding hydrogens is 198 g/mol. The van der Waals surface area contributed by atoms with Gasteiger partial charge in [-0.1, -0.05) is 31.5 Å². The Morgan fingerprint density at radius 1 is 1.25 bits per heavy atom. The summed E-state index contributed by atoms with van der Waals surface area (Å²) in [5, 5.41) is 3.42. The molecule has 2 rings (SSSR count). The van der Waals surface area contributed by atoms with Crippen LogP contribution in [0.25, 0.3) is 0 Å². The fraction of sp³-hybridized carbons (Fsp3) is 0.571. The lowest BCUT2D eigenvalue weighted by Crippen LogP contribution is -2.48. The summed E-state index contributed by atoms with van der Waals surface area (Å²) in [7, 11) is 0. The fourth-order valence-electron chi connectivity index (χ4n) is 2.15. The molecule has 1 atom stereocenters. The fourth-order valence-corrected chi connectivity index (χ4v) is 2.15. The third kappa shape index (κ3) is 2.56. The van der Waals surface area contributed by atoms with Crippen LogP contribution in [0.15, 0.2) is 24.3 Å². The van der Waals surface area contributed by atoms with Crippen molar-refractivity contribution in [1.82, 2.24) is 5.32 Å². The van der Waals surface area contributed by atoms with Gasteiger partial charge < -0.3 is 10.1 Å². The van der Waals surface area contributed by atoms with Gasteiger partial charge in [0.1, 0.15) is 11.9 Å². The molecule has 1 aliphatic rings. The van der Waals surface area contributed by atoms with Gasteiger partial charge in [0.2, 0.25) is 0 Å². The van der Waals surface area contributed by atoms with E-state index < -0.39 is 0 Å². The highest BCUT2D eigenvalue weighted by atomic mass is 16.5. The van der Waals surface area contributed by atoms with Crippen molar-refractivity contribution >= 4 is 0 Å². The molecule has 1 N–H and O–H groups in total. The molecule has 0 aromatic heterocycles. The molecule has 2 nitrogen and oxygen atoms in total. The van der Waals surface area contributed by atoms with Gasteiger partial charge in [0, 0.05) is 12.0 Å². The molecular formula is C14H21NO. The molecule has 0 bridgehead atoms. The average molecular weight is 219 g/mol. The smallest absolute Gasteiger partial charge is 0.119 e. The zero-order valence-electron chi connectivity index (χ0n) is 10.4. The van der Waals surface area contributed by atoms with Crippen LogP contribution in [-0.4, -0.2) is 19.2 Å². The van der Waals surface area contributed by atoms with Gasteiger partial charge in [-0.05, 0) is 32.0 Å². The normalized spacial score (nSPS) is 24.1. The van der Waals surface area contributed by atoms with Crippen molar-refractivity contribution in [3.05, 3.63) is 29.8 Å². The van der Waals surface area contributed by atoms with Crippen LogP contribution >= 0.6 is 0 Å². The van der Waals surface area contributed by atoms with Crippen molar-refractivity contribution < 1.29 is 4.74 Å². The van der Waals surface area contributed by atoms with Gasteiger partial charge in [-0.3, -0.25) is 0 Å². The van der Waals surface area contributed by atoms with Crippen LogP contribution in [-0.2, 0) is 0 Å². The lowest BCUT2D eigenvalue weighted by molar-refractivity contribution is 0.0451. The maximum absolute atomic E-state index is 6.09. The summed E-state index contributed by atoms with van der Waals surface area (Å²) in [6.45, 7) is 8.71. The highest BCUT2D eigenvalue weighted by molar-refractivity contribution is 5.26. The molecule has 2 heteroatoms. The van der Waals surface area contributed by atoms with E-state index >= 15 is 0 Å². The number of benzene rings is 1. The van der Waals surface area contributed by atoms with E-state index in [1.807, 2.05) is 0 Å². The van der Waals surface area contributed by atoms with E-state index in [0.29, 0.717) is 6.10 Å². The van der Waals surface area contributed by atoms with Gasteiger partial charge >= 0.3 is 0 Å². The SMILES string of the molecule is Cc1ccc(OC2CCNCC2(C)C)cc1. The van der Waals surface area contributed by atoms with Crippen molar-refractivity contribution in [1.29, 1.82) is 0 Å². The topological polar surface area (TPSA) is 21.3 Å². The third-order valence-corrected chi connectivity index (χ3v) is 3.33. The van der Waals surface area contributed by atoms with Gasteiger partial charge in [-0.15, -0.1) is 0 Å². The molecule has 1 saturated heterocycles. The highest BCUT2D eigenvalue weighted by Crippen LogP contribution is 2.29. The first-order valence-corrected chi connectivity index (χ1v) is 6.02. The van der Waals surface area contributed by atoms with E-state index in [-0.39, 0.29) is 5.41 Å². The molecule has 0 aliphatic carbocycles. The first-order valence-electron chi connectivity index (χ1n) is 6.02. The van der Waals surface area contributed by atoms with Crippen LogP contribution in [0.3, 0.4) is 0 Å². The van der Waals surface area contributed by atoms with Gasteiger partial charge in [-0.2, -0.15) is 0 Å². The lowest BCUT2D eigenvalue weighted by Gasteiger charge is -2.38. The van der Waals surface area contributed by atoms with Crippen LogP contribution in [0.5, 0.6) is 5.75 Å². The Morgan fingerprint density at radius 3 is 2.56 bits per heavy atom. The predicted molar refractivity (Wildman–Crippen MR) is 66.9 cm³/mol. The second-order valence-corrected chi connectivity index (χ2v) is 5.37. The molecule has 1 aliphatic heterocycles. The molecule has 1 aromatic carbocycles. The number of piperidine rings is 1. The number of hydrogen-bond acceptors (Lipinski definition) is 2. The van der Waals surface area contributed by atoms with Crippen LogP contribution in [0.4, 0.5) is 0 Å². The molecule has 88 valence electrons. The van der Waals surface area contributed by atoms with Crippen molar-refractivity contribution in [3.8, 4) is 5.75 Å². The van der Waals surface area contributed by atoms with Crippen LogP contribution in [0, 0.1) is 12.3 Å². The molecule has 16 heavy (non-hydrogen) atoms. The summed E-state index contributed by atoms with van der Waals surface area (Å²) in [6.07, 6.45) is 1.40. The van der Waals surface area contributed by atoms with E-state index in [9.17, 15) is 0 Å². The highest BCUT2D eigenvalue weighted by Gasteiger charge is 2.33. The summed E-state index contributed by atoms with van der Waals surface area (Å²) in [4.78, 5) is 0. The largest absolute Gasteiger partial charge is 0.490 e. The van der Waals surface area contributed by atoms with Gasteiger partial charge in [0.25, 0.3) is 0 Å². The molecule has 1 heterocycles. The second kappa shape index (κ2) is 4.46. The van der Waals surface area contributed by atoms with Crippen LogP contribution in [0.2, 0.25) is 0 Å². The van der Waals surface area contributed by atoms with Crippen LogP contribution in [0.1, 0.15) is 25.8 Å². The molecule has 1 aromatic rings. The van der Waals surface area contributed by atoms with Gasteiger partial charge in [0.05, 0.1) is 0 Å². The standard InChI is InChI=1S/C14H21NO/c1-11-4-6-12(7-5-11)16-13-8-9-15-10-14(13,2)3/h4-7,13,15H,8-10H2,1-3H3. The quantitative estimate of drug-likeness (QED) is 0.826. The molecule has 1 unspecified atom stereocenters. The van der Waals surface area contributed by atoms with Crippen molar-refractivity contribution in [2.75, 3.05) is 13.1 Å². The van der Waals surface area contributed by atoms with E-state index in [0.717, 1.165) is 25.3 Å². The van der Waals surface area contributed by atoms with E-state index in [1.54, 1.807) is 0 Å². The lowest BCUT2D eigenvalue weighted by atomic mass is 9.82. The van der Waals surface area contributed by atoms with E-state index in [2.05, 4.69) is 50.4 Å². The van der Waals surface area contributed by atoms with Gasteiger partial charge in [0.15, 0.2) is 0 Å². The molecule has 0 amide bonds. The maximum atomic E-state index is 6.09. The molecule has 1 fully saturated rings. The number of nitrogens with one attached hydrogen (secondary N) is 1. The number of ether oxygens (including phenoxy) is 1. The summed E-state index contributed by atoms with van der Waals surface area (Å²) in [5.74, 6) is 0.991. The minimum Gasteiger partial charge on any atom is -0.490 e. The van der Waals surface area contributed by atoms with Gasteiger partial charge in [-0.25, -0.2) is 0 Å². The Balaban J connectivity index is 2.05. The molecule has 0 radical (unpaired) electrons. The zero-order chi connectivity index (χ0) is 11.6. The van der Waals surface area contributed by atoms with Crippen molar-refractivity contribution in [2.45, 2.75) is 33.3 Å². The van der Waals surface area contributed by atoms with Crippen molar-refractivity contribution in [3.63, 3.8) is 0 Å². The first kappa shape index (κ1) is 11.5. The summed E-state index contributed by atoms with van der Waals surface area (Å²) in [5.41, 5.74) is 1.49. The van der Waals surface area contributed by atoms with E-state index in [4.69, 9.17) is 4.74 Å². The molecule has 0 saturated carbocycles. The summed E-state index contributed by atoms with van der Waals surface area (Å²) >= 11 is 0. The Labute approximate surface area is 98.0 Å². The third-order valence-electron chi connectivity index (χ3n) is 3.33. The number of aryl methyl sites for hydroxylation is 1. The minimum absolute atomic E-state index is 0.211. The number of rotatable bonds is 2. The van der Waals surface area contributed by atoms with Crippen LogP contribution < -0.4 is 10.1 Å². The Kier molecular flexibility index (Phi) is 3.20. The summed E-state index contributed by atoms with van der Waals surface area (Å²) < 4.78 is 6.09. The monoisotopic (exact) mass is 219 g/mol. The minimum atomic E-state index is 0.211. The van der Waals surface area contributed by atoms with E-state index in [1.165, 1.54) is 5.56 Å². The summed E-state index contributed by atoms with van der Waals surface area (Å²) in [6, 6.07) is 8.33. The zero-order valence-corrected chi connectivity index (χ0v) is 10.4. The average Bonchev–Trinajstić information content (AvgIpc) is 2.24. The number of hydrogen-bond donors (Lipinski definition) is 1. The van der Waals surface area contributed by atoms with Crippen molar-refractivity contribution in [2.24, 2.45) is 5.41 Å². The second-order valence-electron chi connectivity index (χ2n) is 5.37. The Morgan fingerprint density at radius 2 is 1.94 bits per heavy atom. The predicted octanol–water partition coefficient (Wildman–Crippen LogP) is 2.76. The Hall–Kier alpha value is -1.02. The molecule has 0 spiro atoms. The first-order chi connectivity index (χ1) is 7.58.